The number of imidazole rings is 1. The Kier molecular flexibility index (Phi) is 8.53. The van der Waals surface area contributed by atoms with E-state index in [0.717, 1.165) is 13.1 Å². The molecule has 1 aromatic heterocycles. The first-order chi connectivity index (χ1) is 15.3. The number of aromatic nitrogens is 2. The molecule has 0 amide bonds. The highest BCUT2D eigenvalue weighted by Gasteiger charge is 2.24. The van der Waals surface area contributed by atoms with Crippen molar-refractivity contribution in [1.82, 2.24) is 14.6 Å². The zero-order valence-corrected chi connectivity index (χ0v) is 19.4. The first kappa shape index (κ1) is 24.5. The number of aromatic carboxylic acids is 1. The second-order valence-electron chi connectivity index (χ2n) is 7.23. The van der Waals surface area contributed by atoms with Gasteiger partial charge in [-0.3, -0.25) is 10.4 Å². The first-order valence-electron chi connectivity index (χ1n) is 9.98. The highest BCUT2D eigenvalue weighted by atomic mass is 35.5. The van der Waals surface area contributed by atoms with Crippen molar-refractivity contribution in [3.8, 4) is 17.1 Å². The Morgan fingerprint density at radius 1 is 1.00 bits per heavy atom. The Morgan fingerprint density at radius 3 is 2.12 bits per heavy atom. The van der Waals surface area contributed by atoms with Crippen molar-refractivity contribution >= 4 is 40.8 Å². The Hall–Kier alpha value is -2.13. The van der Waals surface area contributed by atoms with Gasteiger partial charge < -0.3 is 10.2 Å². The lowest BCUT2D eigenvalue weighted by molar-refractivity contribution is 0.0687. The average molecular weight is 498 g/mol. The lowest BCUT2D eigenvalue weighted by atomic mass is 10.2. The van der Waals surface area contributed by atoms with Crippen LogP contribution in [0.1, 0.15) is 35.4 Å². The zero-order chi connectivity index (χ0) is 23.3. The summed E-state index contributed by atoms with van der Waals surface area (Å²) >= 11 is 18.1. The number of halogens is 3. The van der Waals surface area contributed by atoms with Crippen LogP contribution in [0, 0.1) is 0 Å². The van der Waals surface area contributed by atoms with E-state index in [9.17, 15) is 15.0 Å². The van der Waals surface area contributed by atoms with Crippen LogP contribution in [-0.4, -0.2) is 43.8 Å². The molecule has 0 saturated carbocycles. The van der Waals surface area contributed by atoms with Gasteiger partial charge in [0, 0.05) is 34.4 Å². The maximum Gasteiger partial charge on any atom is 0.356 e. The van der Waals surface area contributed by atoms with E-state index in [1.807, 2.05) is 5.01 Å². The molecule has 32 heavy (non-hydrogen) atoms. The molecule has 0 radical (unpaired) electrons. The van der Waals surface area contributed by atoms with Gasteiger partial charge in [-0.2, -0.15) is 0 Å². The fourth-order valence-corrected chi connectivity index (χ4v) is 4.03. The summed E-state index contributed by atoms with van der Waals surface area (Å²) in [6, 6.07) is 11.5. The molecule has 1 aliphatic rings. The molecule has 1 aliphatic heterocycles. The fraction of sp³-hybridized carbons (Fsp3) is 0.273. The lowest BCUT2D eigenvalue weighted by Crippen LogP contribution is -2.35. The van der Waals surface area contributed by atoms with Gasteiger partial charge in [0.15, 0.2) is 5.69 Å². The second-order valence-corrected chi connectivity index (χ2v) is 8.51. The number of aliphatic hydroxyl groups is 1. The molecule has 170 valence electrons. The number of nitrogens with zero attached hydrogens (tertiary/aromatic N) is 3. The SMILES string of the molecule is NN1CCCCC1.O=C(O)c1nc(-c2ccc(Cl)cc2Cl)n(-c2ccc(Cl)cc2)c1CO. The van der Waals surface area contributed by atoms with E-state index in [1.54, 1.807) is 42.5 Å². The van der Waals surface area contributed by atoms with E-state index in [4.69, 9.17) is 40.6 Å². The molecular formula is C22H23Cl3N4O3. The summed E-state index contributed by atoms with van der Waals surface area (Å²) in [5, 5.41) is 22.3. The monoisotopic (exact) mass is 496 g/mol. The number of carboxylic acid groups (broad SMARTS) is 1. The quantitative estimate of drug-likeness (QED) is 0.436. The van der Waals surface area contributed by atoms with Crippen LogP contribution in [-0.2, 0) is 6.61 Å². The summed E-state index contributed by atoms with van der Waals surface area (Å²) in [5.41, 5.74) is 0.965. The molecule has 3 aromatic rings. The minimum atomic E-state index is -1.25. The molecule has 0 aliphatic carbocycles. The molecule has 1 fully saturated rings. The molecule has 10 heteroatoms. The number of nitrogens with two attached hydrogens (primary N) is 1. The Labute approximate surface area is 200 Å². The summed E-state index contributed by atoms with van der Waals surface area (Å²) in [7, 11) is 0. The predicted molar refractivity (Wildman–Crippen MR) is 127 cm³/mol. The molecule has 0 spiro atoms. The minimum Gasteiger partial charge on any atom is -0.476 e. The van der Waals surface area contributed by atoms with Gasteiger partial charge in [-0.1, -0.05) is 41.2 Å². The number of carboxylic acids is 1. The number of aliphatic hydroxyl groups excluding tert-OH is 1. The van der Waals surface area contributed by atoms with Crippen molar-refractivity contribution in [2.24, 2.45) is 5.84 Å². The number of piperidine rings is 1. The molecule has 1 saturated heterocycles. The third kappa shape index (κ3) is 5.81. The van der Waals surface area contributed by atoms with Gasteiger partial charge in [0.2, 0.25) is 0 Å². The van der Waals surface area contributed by atoms with Crippen LogP contribution in [0.2, 0.25) is 15.1 Å². The molecule has 7 nitrogen and oxygen atoms in total. The van der Waals surface area contributed by atoms with Crippen LogP contribution in [0.3, 0.4) is 0 Å². The van der Waals surface area contributed by atoms with Gasteiger partial charge in [-0.05, 0) is 55.3 Å². The largest absolute Gasteiger partial charge is 0.476 e. The lowest BCUT2D eigenvalue weighted by Gasteiger charge is -2.20. The number of rotatable bonds is 4. The molecule has 4 N–H and O–H groups in total. The topological polar surface area (TPSA) is 105 Å². The summed E-state index contributed by atoms with van der Waals surface area (Å²) in [6.45, 7) is 1.68. The zero-order valence-electron chi connectivity index (χ0n) is 17.1. The van der Waals surface area contributed by atoms with Gasteiger partial charge in [0.1, 0.15) is 5.82 Å². The van der Waals surface area contributed by atoms with Gasteiger partial charge in [0.05, 0.1) is 17.3 Å². The van der Waals surface area contributed by atoms with Crippen molar-refractivity contribution in [3.05, 3.63) is 68.9 Å². The maximum atomic E-state index is 11.5. The molecule has 2 aromatic carbocycles. The second kappa shape index (κ2) is 11.1. The van der Waals surface area contributed by atoms with E-state index < -0.39 is 12.6 Å². The van der Waals surface area contributed by atoms with Crippen molar-refractivity contribution in [1.29, 1.82) is 0 Å². The third-order valence-electron chi connectivity index (χ3n) is 4.97. The summed E-state index contributed by atoms with van der Waals surface area (Å²) in [5.74, 6) is 4.50. The normalized spacial score (nSPS) is 14.0. The van der Waals surface area contributed by atoms with E-state index in [2.05, 4.69) is 4.98 Å². The van der Waals surface area contributed by atoms with Crippen molar-refractivity contribution in [2.45, 2.75) is 25.9 Å². The highest BCUT2D eigenvalue weighted by molar-refractivity contribution is 6.36. The van der Waals surface area contributed by atoms with Gasteiger partial charge in [0.25, 0.3) is 0 Å². The first-order valence-corrected chi connectivity index (χ1v) is 11.1. The summed E-state index contributed by atoms with van der Waals surface area (Å²) in [6.07, 6.45) is 3.95. The van der Waals surface area contributed by atoms with E-state index in [1.165, 1.54) is 23.8 Å². The highest BCUT2D eigenvalue weighted by Crippen LogP contribution is 2.33. The van der Waals surface area contributed by atoms with E-state index >= 15 is 0 Å². The average Bonchev–Trinajstić information content (AvgIpc) is 3.15. The Morgan fingerprint density at radius 2 is 1.62 bits per heavy atom. The summed E-state index contributed by atoms with van der Waals surface area (Å²) < 4.78 is 1.54. The van der Waals surface area contributed by atoms with Crippen molar-refractivity contribution in [2.75, 3.05) is 13.1 Å². The van der Waals surface area contributed by atoms with Crippen LogP contribution < -0.4 is 5.84 Å². The third-order valence-corrected chi connectivity index (χ3v) is 5.77. The number of benzene rings is 2. The molecule has 2 heterocycles. The number of hydrogen-bond acceptors (Lipinski definition) is 5. The Bertz CT molecular complexity index is 1080. The van der Waals surface area contributed by atoms with Crippen LogP contribution in [0.4, 0.5) is 0 Å². The fourth-order valence-electron chi connectivity index (χ4n) is 3.41. The Balaban J connectivity index is 0.000000352. The van der Waals surface area contributed by atoms with Crippen LogP contribution in [0.25, 0.3) is 17.1 Å². The van der Waals surface area contributed by atoms with Crippen LogP contribution >= 0.6 is 34.8 Å². The van der Waals surface area contributed by atoms with Crippen LogP contribution in [0.5, 0.6) is 0 Å². The minimum absolute atomic E-state index is 0.135. The predicted octanol–water partition coefficient (Wildman–Crippen LogP) is 5.04. The molecular weight excluding hydrogens is 475 g/mol. The van der Waals surface area contributed by atoms with Crippen molar-refractivity contribution in [3.63, 3.8) is 0 Å². The molecule has 4 rings (SSSR count). The smallest absolute Gasteiger partial charge is 0.356 e. The van der Waals surface area contributed by atoms with Gasteiger partial charge >= 0.3 is 5.97 Å². The maximum absolute atomic E-state index is 11.5. The number of hydrogen-bond donors (Lipinski definition) is 3. The van der Waals surface area contributed by atoms with Gasteiger partial charge in [-0.15, -0.1) is 0 Å². The molecule has 0 unspecified atom stereocenters. The molecule has 0 bridgehead atoms. The van der Waals surface area contributed by atoms with E-state index in [0.29, 0.717) is 26.3 Å². The summed E-state index contributed by atoms with van der Waals surface area (Å²) in [4.78, 5) is 15.7. The van der Waals surface area contributed by atoms with Crippen LogP contribution in [0.15, 0.2) is 42.5 Å². The molecule has 0 atom stereocenters. The van der Waals surface area contributed by atoms with E-state index in [-0.39, 0.29) is 17.2 Å². The number of carbonyl (C=O) groups is 1. The van der Waals surface area contributed by atoms with Gasteiger partial charge in [-0.25, -0.2) is 14.8 Å². The number of hydrazine groups is 1. The van der Waals surface area contributed by atoms with Crippen molar-refractivity contribution < 1.29 is 15.0 Å². The standard InChI is InChI=1S/C17H11Cl3N2O3.C5H12N2/c18-9-1-4-11(5-2-9)22-14(8-23)15(17(24)25)21-16(22)12-6-3-10(19)7-13(12)20;6-7-4-2-1-3-5-7/h1-7,23H,8H2,(H,24,25);1-6H2.